The number of benzene rings is 3. The van der Waals surface area contributed by atoms with E-state index in [4.69, 9.17) is 21.1 Å². The van der Waals surface area contributed by atoms with Crippen molar-refractivity contribution in [2.75, 3.05) is 6.61 Å². The van der Waals surface area contributed by atoms with Crippen LogP contribution in [0.5, 0.6) is 11.5 Å². The molecule has 30 heavy (non-hydrogen) atoms. The summed E-state index contributed by atoms with van der Waals surface area (Å²) in [7, 11) is 0. The summed E-state index contributed by atoms with van der Waals surface area (Å²) in [6.07, 6.45) is 5.31. The van der Waals surface area contributed by atoms with Crippen molar-refractivity contribution in [1.29, 1.82) is 0 Å². The lowest BCUT2D eigenvalue weighted by atomic mass is 10.1. The van der Waals surface area contributed by atoms with E-state index in [1.54, 1.807) is 54.6 Å². The zero-order valence-electron chi connectivity index (χ0n) is 15.9. The molecule has 4 nitrogen and oxygen atoms in total. The molecule has 1 heterocycles. The summed E-state index contributed by atoms with van der Waals surface area (Å²) < 4.78 is 11.3. The van der Waals surface area contributed by atoms with Gasteiger partial charge in [0.1, 0.15) is 11.5 Å². The molecule has 0 N–H and O–H groups in total. The van der Waals surface area contributed by atoms with Crippen LogP contribution in [0.1, 0.15) is 26.3 Å². The van der Waals surface area contributed by atoms with E-state index in [0.717, 1.165) is 5.56 Å². The van der Waals surface area contributed by atoms with E-state index in [1.165, 1.54) is 0 Å². The third-order valence-corrected chi connectivity index (χ3v) is 4.77. The van der Waals surface area contributed by atoms with Crippen LogP contribution in [0, 0.1) is 0 Å². The van der Waals surface area contributed by atoms with E-state index in [9.17, 15) is 9.59 Å². The molecule has 0 atom stereocenters. The van der Waals surface area contributed by atoms with Gasteiger partial charge in [-0.15, -0.1) is 0 Å². The number of carbonyl (C=O) groups is 2. The highest BCUT2D eigenvalue weighted by Crippen LogP contribution is 2.34. The molecule has 0 aliphatic carbocycles. The quantitative estimate of drug-likeness (QED) is 0.378. The van der Waals surface area contributed by atoms with E-state index >= 15 is 0 Å². The standard InChI is InChI=1S/C25H17ClO4/c26-19-11-9-18(10-12-19)22(27)16-29-20-13-14-21-24(15-20)30-23(25(21)28)8-4-7-17-5-2-1-3-6-17/h1-15H,16H2/b7-4+,23-8+. The van der Waals surface area contributed by atoms with Gasteiger partial charge in [-0.1, -0.05) is 54.1 Å². The maximum absolute atomic E-state index is 12.5. The Morgan fingerprint density at radius 2 is 1.77 bits per heavy atom. The normalized spacial score (nSPS) is 14.0. The zero-order valence-corrected chi connectivity index (χ0v) is 16.6. The van der Waals surface area contributed by atoms with E-state index in [2.05, 4.69) is 0 Å². The highest BCUT2D eigenvalue weighted by molar-refractivity contribution is 6.30. The van der Waals surface area contributed by atoms with Crippen LogP contribution >= 0.6 is 11.6 Å². The van der Waals surface area contributed by atoms with Crippen LogP contribution < -0.4 is 9.47 Å². The predicted molar refractivity (Wildman–Crippen MR) is 116 cm³/mol. The van der Waals surface area contributed by atoms with Crippen molar-refractivity contribution in [3.63, 3.8) is 0 Å². The fraction of sp³-hybridized carbons (Fsp3) is 0.0400. The Morgan fingerprint density at radius 1 is 1.00 bits per heavy atom. The van der Waals surface area contributed by atoms with Gasteiger partial charge in [-0.2, -0.15) is 0 Å². The zero-order chi connectivity index (χ0) is 20.9. The van der Waals surface area contributed by atoms with Crippen molar-refractivity contribution in [3.8, 4) is 11.5 Å². The number of hydrogen-bond donors (Lipinski definition) is 0. The molecule has 1 aliphatic rings. The Bertz CT molecular complexity index is 1150. The average molecular weight is 417 g/mol. The first kappa shape index (κ1) is 19.7. The minimum atomic E-state index is -0.188. The lowest BCUT2D eigenvalue weighted by molar-refractivity contribution is 0.0921. The number of rotatable bonds is 6. The first-order valence-electron chi connectivity index (χ1n) is 9.32. The molecular weight excluding hydrogens is 400 g/mol. The van der Waals surface area contributed by atoms with Gasteiger partial charge in [-0.25, -0.2) is 0 Å². The largest absolute Gasteiger partial charge is 0.485 e. The second-order valence-corrected chi connectivity index (χ2v) is 7.05. The van der Waals surface area contributed by atoms with Gasteiger partial charge in [0.2, 0.25) is 5.78 Å². The lowest BCUT2D eigenvalue weighted by Crippen LogP contribution is -2.11. The Morgan fingerprint density at radius 3 is 2.53 bits per heavy atom. The Hall–Kier alpha value is -3.63. The van der Waals surface area contributed by atoms with Crippen LogP contribution in [0.4, 0.5) is 0 Å². The van der Waals surface area contributed by atoms with Crippen LogP contribution in [-0.2, 0) is 0 Å². The molecule has 0 saturated heterocycles. The number of allylic oxidation sites excluding steroid dienone is 3. The molecule has 0 saturated carbocycles. The van der Waals surface area contributed by atoms with Crippen LogP contribution in [0.2, 0.25) is 5.02 Å². The summed E-state index contributed by atoms with van der Waals surface area (Å²) in [4.78, 5) is 24.7. The number of ketones is 2. The molecule has 3 aromatic rings. The van der Waals surface area contributed by atoms with Crippen molar-refractivity contribution in [2.24, 2.45) is 0 Å². The number of Topliss-reactive ketones (excluding diaryl/α,β-unsaturated/α-hetero) is 2. The molecule has 1 aliphatic heterocycles. The second kappa shape index (κ2) is 8.80. The Labute approximate surface area is 179 Å². The second-order valence-electron chi connectivity index (χ2n) is 6.61. The third kappa shape index (κ3) is 4.50. The smallest absolute Gasteiger partial charge is 0.231 e. The molecule has 0 unspecified atom stereocenters. The van der Waals surface area contributed by atoms with Crippen molar-refractivity contribution < 1.29 is 19.1 Å². The SMILES string of the molecule is O=C(COc1ccc2c(c1)O/C(=C/C=C/c1ccccc1)C2=O)c1ccc(Cl)cc1. The summed E-state index contributed by atoms with van der Waals surface area (Å²) in [6.45, 7) is -0.128. The molecular formula is C25H17ClO4. The molecule has 0 bridgehead atoms. The molecule has 5 heteroatoms. The summed E-state index contributed by atoms with van der Waals surface area (Å²) >= 11 is 5.84. The molecule has 0 amide bonds. The van der Waals surface area contributed by atoms with Crippen molar-refractivity contribution >= 4 is 29.2 Å². The van der Waals surface area contributed by atoms with Gasteiger partial charge in [0.25, 0.3) is 0 Å². The van der Waals surface area contributed by atoms with Crippen molar-refractivity contribution in [1.82, 2.24) is 0 Å². The number of halogens is 1. The van der Waals surface area contributed by atoms with Crippen LogP contribution in [0.3, 0.4) is 0 Å². The fourth-order valence-corrected chi connectivity index (χ4v) is 3.08. The van der Waals surface area contributed by atoms with Gasteiger partial charge in [-0.05, 0) is 48.0 Å². The molecule has 4 rings (SSSR count). The summed E-state index contributed by atoms with van der Waals surface area (Å²) in [5, 5.41) is 0.565. The van der Waals surface area contributed by atoms with Gasteiger partial charge < -0.3 is 9.47 Å². The van der Waals surface area contributed by atoms with Crippen LogP contribution in [0.25, 0.3) is 6.08 Å². The summed E-state index contributed by atoms with van der Waals surface area (Å²) in [6, 6.07) is 21.3. The molecule has 0 fully saturated rings. The predicted octanol–water partition coefficient (Wildman–Crippen LogP) is 5.77. The van der Waals surface area contributed by atoms with Gasteiger partial charge in [-0.3, -0.25) is 9.59 Å². The maximum atomic E-state index is 12.5. The van der Waals surface area contributed by atoms with Gasteiger partial charge in [0.15, 0.2) is 18.1 Å². The number of hydrogen-bond acceptors (Lipinski definition) is 4. The number of carbonyl (C=O) groups excluding carboxylic acids is 2. The molecule has 0 spiro atoms. The average Bonchev–Trinajstić information content (AvgIpc) is 3.08. The first-order valence-corrected chi connectivity index (χ1v) is 9.69. The number of ether oxygens (including phenoxy) is 2. The van der Waals surface area contributed by atoms with E-state index in [-0.39, 0.29) is 23.9 Å². The Kier molecular flexibility index (Phi) is 5.77. The molecule has 0 aromatic heterocycles. The highest BCUT2D eigenvalue weighted by atomic mass is 35.5. The first-order chi connectivity index (χ1) is 14.6. The van der Waals surface area contributed by atoms with E-state index in [1.807, 2.05) is 36.4 Å². The number of fused-ring (bicyclic) bond motifs is 1. The lowest BCUT2D eigenvalue weighted by Gasteiger charge is -2.07. The van der Waals surface area contributed by atoms with Crippen LogP contribution in [-0.4, -0.2) is 18.2 Å². The maximum Gasteiger partial charge on any atom is 0.231 e. The molecule has 0 radical (unpaired) electrons. The van der Waals surface area contributed by atoms with Gasteiger partial charge in [0, 0.05) is 16.7 Å². The van der Waals surface area contributed by atoms with Crippen molar-refractivity contribution in [2.45, 2.75) is 0 Å². The molecule has 148 valence electrons. The fourth-order valence-electron chi connectivity index (χ4n) is 2.95. The van der Waals surface area contributed by atoms with Crippen molar-refractivity contribution in [3.05, 3.63) is 112 Å². The van der Waals surface area contributed by atoms with E-state index < -0.39 is 0 Å². The van der Waals surface area contributed by atoms with Gasteiger partial charge in [0.05, 0.1) is 5.56 Å². The molecule has 3 aromatic carbocycles. The monoisotopic (exact) mass is 416 g/mol. The summed E-state index contributed by atoms with van der Waals surface area (Å²) in [5.74, 6) is 0.745. The third-order valence-electron chi connectivity index (χ3n) is 4.51. The van der Waals surface area contributed by atoms with Crippen LogP contribution in [0.15, 0.2) is 90.7 Å². The summed E-state index contributed by atoms with van der Waals surface area (Å²) in [5.41, 5.74) is 2.01. The topological polar surface area (TPSA) is 52.6 Å². The highest BCUT2D eigenvalue weighted by Gasteiger charge is 2.27. The van der Waals surface area contributed by atoms with E-state index in [0.29, 0.717) is 27.6 Å². The minimum Gasteiger partial charge on any atom is -0.485 e. The van der Waals surface area contributed by atoms with Gasteiger partial charge >= 0.3 is 0 Å². The minimum absolute atomic E-state index is 0.128. The Balaban J connectivity index is 1.41.